The molecular weight excluding hydrogens is 466 g/mol. The molecular formula is C26H29N3O5S. The number of aliphatic hydroxyl groups excluding tert-OH is 1. The smallest absolute Gasteiger partial charge is 0.248 e. The van der Waals surface area contributed by atoms with Crippen molar-refractivity contribution in [1.82, 2.24) is 4.90 Å². The van der Waals surface area contributed by atoms with E-state index in [9.17, 15) is 19.5 Å². The van der Waals surface area contributed by atoms with Gasteiger partial charge in [0.25, 0.3) is 0 Å². The highest BCUT2D eigenvalue weighted by atomic mass is 32.2. The van der Waals surface area contributed by atoms with Crippen LogP contribution >= 0.6 is 11.8 Å². The average Bonchev–Trinajstić information content (AvgIpc) is 3.51. The van der Waals surface area contributed by atoms with Gasteiger partial charge < -0.3 is 25.4 Å². The van der Waals surface area contributed by atoms with Crippen molar-refractivity contribution in [1.29, 1.82) is 0 Å². The standard InChI is InChI=1S/C26H29N3O5S/c1-34-18-10-8-17(9-11-18)28-24(32)22-26-13-12-19(35-26)20(21(26)25(33)29(22)14-5-15-30)23(31)27-16-6-3-2-4-7-16/h2-4,6-11,19-22,30H,5,12-15H2,1H3,(H,27,31)(H,28,32)/t19-,20+,21-,22?,26?/m0/s1. The molecule has 3 aliphatic heterocycles. The number of aliphatic hydroxyl groups is 1. The zero-order chi connectivity index (χ0) is 24.6. The number of likely N-dealkylation sites (tertiary alicyclic amines) is 1. The van der Waals surface area contributed by atoms with E-state index in [0.29, 0.717) is 30.0 Å². The highest BCUT2D eigenvalue weighted by Gasteiger charge is 2.73. The lowest BCUT2D eigenvalue weighted by molar-refractivity contribution is -0.138. The number of fused-ring (bicyclic) bond motifs is 1. The fourth-order valence-electron chi connectivity index (χ4n) is 5.87. The van der Waals surface area contributed by atoms with Crippen molar-refractivity contribution in [2.24, 2.45) is 11.8 Å². The fourth-order valence-corrected chi connectivity index (χ4v) is 8.09. The van der Waals surface area contributed by atoms with E-state index in [2.05, 4.69) is 10.6 Å². The Kier molecular flexibility index (Phi) is 6.46. The minimum atomic E-state index is -0.710. The number of nitrogens with zero attached hydrogens (tertiary/aromatic N) is 1. The SMILES string of the molecule is COc1ccc(NC(=O)C2N(CCCO)C(=O)[C@@H]3[C@H](C(=O)Nc4ccccc4)[C@@H]4CCC23S4)cc1. The third-order valence-electron chi connectivity index (χ3n) is 7.31. The Hall–Kier alpha value is -3.04. The molecule has 3 aliphatic rings. The molecule has 2 aromatic carbocycles. The Morgan fingerprint density at radius 2 is 1.77 bits per heavy atom. The molecule has 3 amide bonds. The number of methoxy groups -OCH3 is 1. The average molecular weight is 496 g/mol. The number of benzene rings is 2. The number of rotatable bonds is 8. The number of hydrogen-bond acceptors (Lipinski definition) is 6. The van der Waals surface area contributed by atoms with Gasteiger partial charge in [0.2, 0.25) is 17.7 Å². The van der Waals surface area contributed by atoms with Gasteiger partial charge >= 0.3 is 0 Å². The predicted octanol–water partition coefficient (Wildman–Crippen LogP) is 2.75. The number of nitrogens with one attached hydrogen (secondary N) is 2. The first kappa shape index (κ1) is 23.7. The van der Waals surface area contributed by atoms with Crippen LogP contribution in [0.3, 0.4) is 0 Å². The summed E-state index contributed by atoms with van der Waals surface area (Å²) >= 11 is 1.62. The van der Waals surface area contributed by atoms with Gasteiger partial charge in [0, 0.05) is 29.8 Å². The van der Waals surface area contributed by atoms with Gasteiger partial charge in [0.1, 0.15) is 11.8 Å². The van der Waals surface area contributed by atoms with Gasteiger partial charge in [-0.15, -0.1) is 11.8 Å². The molecule has 0 saturated carbocycles. The third-order valence-corrected chi connectivity index (χ3v) is 9.26. The molecule has 3 fully saturated rings. The minimum Gasteiger partial charge on any atom is -0.497 e. The van der Waals surface area contributed by atoms with Crippen molar-refractivity contribution in [2.45, 2.75) is 35.3 Å². The Labute approximate surface area is 208 Å². The molecule has 2 unspecified atom stereocenters. The molecule has 0 radical (unpaired) electrons. The molecule has 184 valence electrons. The number of anilines is 2. The second kappa shape index (κ2) is 9.54. The van der Waals surface area contributed by atoms with Crippen molar-refractivity contribution in [2.75, 3.05) is 30.9 Å². The molecule has 8 nitrogen and oxygen atoms in total. The molecule has 3 N–H and O–H groups in total. The number of carbonyl (C=O) groups excluding carboxylic acids is 3. The summed E-state index contributed by atoms with van der Waals surface area (Å²) in [6, 6.07) is 15.6. The summed E-state index contributed by atoms with van der Waals surface area (Å²) in [6.07, 6.45) is 1.85. The highest BCUT2D eigenvalue weighted by molar-refractivity contribution is 8.02. The van der Waals surface area contributed by atoms with Crippen molar-refractivity contribution in [3.63, 3.8) is 0 Å². The molecule has 3 saturated heterocycles. The number of amides is 3. The maximum atomic E-state index is 13.8. The highest BCUT2D eigenvalue weighted by Crippen LogP contribution is 2.66. The molecule has 2 bridgehead atoms. The molecule has 9 heteroatoms. The Balaban J connectivity index is 1.43. The first-order valence-corrected chi connectivity index (χ1v) is 12.8. The molecule has 0 aromatic heterocycles. The van der Waals surface area contributed by atoms with Gasteiger partial charge in [0.15, 0.2) is 0 Å². The maximum absolute atomic E-state index is 13.8. The van der Waals surface area contributed by atoms with Gasteiger partial charge in [-0.2, -0.15) is 0 Å². The van der Waals surface area contributed by atoms with Gasteiger partial charge in [-0.3, -0.25) is 14.4 Å². The summed E-state index contributed by atoms with van der Waals surface area (Å²) in [5, 5.41) is 15.4. The van der Waals surface area contributed by atoms with Gasteiger partial charge in [-0.05, 0) is 55.7 Å². The summed E-state index contributed by atoms with van der Waals surface area (Å²) in [5.74, 6) is -0.999. The molecule has 1 spiro atoms. The number of carbonyl (C=O) groups is 3. The van der Waals surface area contributed by atoms with Crippen molar-refractivity contribution < 1.29 is 24.2 Å². The number of para-hydroxylation sites is 1. The zero-order valence-corrected chi connectivity index (χ0v) is 20.3. The van der Waals surface area contributed by atoms with Crippen LogP contribution in [-0.2, 0) is 14.4 Å². The normalized spacial score (nSPS) is 28.6. The van der Waals surface area contributed by atoms with Crippen LogP contribution in [0.15, 0.2) is 54.6 Å². The second-order valence-corrected chi connectivity index (χ2v) is 10.8. The van der Waals surface area contributed by atoms with E-state index in [1.807, 2.05) is 30.3 Å². The Morgan fingerprint density at radius 3 is 2.46 bits per heavy atom. The van der Waals surface area contributed by atoms with E-state index in [4.69, 9.17) is 4.74 Å². The van der Waals surface area contributed by atoms with E-state index in [1.165, 1.54) is 0 Å². The summed E-state index contributed by atoms with van der Waals surface area (Å²) < 4.78 is 4.53. The van der Waals surface area contributed by atoms with Crippen LogP contribution in [0, 0.1) is 11.8 Å². The summed E-state index contributed by atoms with van der Waals surface area (Å²) in [4.78, 5) is 42.4. The molecule has 3 heterocycles. The fraction of sp³-hybridized carbons (Fsp3) is 0.423. The predicted molar refractivity (Wildman–Crippen MR) is 134 cm³/mol. The van der Waals surface area contributed by atoms with E-state index >= 15 is 0 Å². The van der Waals surface area contributed by atoms with Gasteiger partial charge in [0.05, 0.1) is 23.7 Å². The molecule has 0 aliphatic carbocycles. The number of thioether (sulfide) groups is 1. The summed E-state index contributed by atoms with van der Waals surface area (Å²) in [5.41, 5.74) is 1.30. The lowest BCUT2D eigenvalue weighted by atomic mass is 9.70. The van der Waals surface area contributed by atoms with Crippen LogP contribution in [0.2, 0.25) is 0 Å². The third kappa shape index (κ3) is 4.06. The number of ether oxygens (including phenoxy) is 1. The van der Waals surface area contributed by atoms with Crippen LogP contribution in [0.25, 0.3) is 0 Å². The molecule has 35 heavy (non-hydrogen) atoms. The topological polar surface area (TPSA) is 108 Å². The lowest BCUT2D eigenvalue weighted by Crippen LogP contribution is -2.51. The number of hydrogen-bond donors (Lipinski definition) is 3. The largest absolute Gasteiger partial charge is 0.497 e. The first-order valence-electron chi connectivity index (χ1n) is 11.9. The van der Waals surface area contributed by atoms with Crippen LogP contribution in [0.5, 0.6) is 5.75 Å². The van der Waals surface area contributed by atoms with E-state index < -0.39 is 22.6 Å². The van der Waals surface area contributed by atoms with Crippen LogP contribution in [-0.4, -0.2) is 64.0 Å². The summed E-state index contributed by atoms with van der Waals surface area (Å²) in [7, 11) is 1.58. The quantitative estimate of drug-likeness (QED) is 0.520. The van der Waals surface area contributed by atoms with Crippen LogP contribution in [0.1, 0.15) is 19.3 Å². The summed E-state index contributed by atoms with van der Waals surface area (Å²) in [6.45, 7) is 0.189. The molecule has 5 rings (SSSR count). The zero-order valence-electron chi connectivity index (χ0n) is 19.5. The Bertz CT molecular complexity index is 1110. The lowest BCUT2D eigenvalue weighted by Gasteiger charge is -2.34. The van der Waals surface area contributed by atoms with Crippen LogP contribution < -0.4 is 15.4 Å². The maximum Gasteiger partial charge on any atom is 0.248 e. The first-order chi connectivity index (χ1) is 17.0. The van der Waals surface area contributed by atoms with Crippen molar-refractivity contribution in [3.8, 4) is 5.75 Å². The molecule has 2 aromatic rings. The minimum absolute atomic E-state index is 0.0102. The second-order valence-electron chi connectivity index (χ2n) is 9.24. The van der Waals surface area contributed by atoms with E-state index in [1.54, 1.807) is 48.0 Å². The molecule has 5 atom stereocenters. The van der Waals surface area contributed by atoms with E-state index in [0.717, 1.165) is 6.42 Å². The Morgan fingerprint density at radius 1 is 1.09 bits per heavy atom. The van der Waals surface area contributed by atoms with Gasteiger partial charge in [-0.1, -0.05) is 18.2 Å². The monoisotopic (exact) mass is 495 g/mol. The van der Waals surface area contributed by atoms with Crippen molar-refractivity contribution >= 4 is 40.9 Å². The van der Waals surface area contributed by atoms with Crippen molar-refractivity contribution in [3.05, 3.63) is 54.6 Å². The van der Waals surface area contributed by atoms with E-state index in [-0.39, 0.29) is 36.1 Å². The van der Waals surface area contributed by atoms with Crippen LogP contribution in [0.4, 0.5) is 11.4 Å². The van der Waals surface area contributed by atoms with Gasteiger partial charge in [-0.25, -0.2) is 0 Å².